The molecule has 1 aliphatic rings. The minimum absolute atomic E-state index is 0.0325. The van der Waals surface area contributed by atoms with Gasteiger partial charge in [0.15, 0.2) is 0 Å². The van der Waals surface area contributed by atoms with Gasteiger partial charge in [0, 0.05) is 44.3 Å². The zero-order valence-corrected chi connectivity index (χ0v) is 19.0. The molecule has 0 bridgehead atoms. The largest absolute Gasteiger partial charge is 0.355 e. The second-order valence-electron chi connectivity index (χ2n) is 8.70. The molecule has 34 heavy (non-hydrogen) atoms. The molecule has 2 aromatic carbocycles. The number of nitrogens with zero attached hydrogens (tertiary/aromatic N) is 2. The van der Waals surface area contributed by atoms with Crippen LogP contribution in [-0.4, -0.2) is 41.3 Å². The molecule has 0 unspecified atom stereocenters. The summed E-state index contributed by atoms with van der Waals surface area (Å²) < 4.78 is 13.2. The van der Waals surface area contributed by atoms with E-state index in [0.29, 0.717) is 38.3 Å². The van der Waals surface area contributed by atoms with Gasteiger partial charge in [0.1, 0.15) is 5.82 Å². The highest BCUT2D eigenvalue weighted by molar-refractivity contribution is 5.93. The first kappa shape index (κ1) is 23.6. The number of benzene rings is 2. The number of piperidine rings is 1. The van der Waals surface area contributed by atoms with Crippen LogP contribution < -0.4 is 10.6 Å². The second-order valence-corrected chi connectivity index (χ2v) is 8.70. The number of pyridine rings is 1. The molecule has 176 valence electrons. The zero-order chi connectivity index (χ0) is 23.8. The number of nitrogens with one attached hydrogen (secondary N) is 2. The topological polar surface area (TPSA) is 74.3 Å². The fraction of sp³-hybridized carbons (Fsp3) is 0.296. The first-order valence-electron chi connectivity index (χ1n) is 11.6. The number of rotatable bonds is 8. The Labute approximate surface area is 199 Å². The number of anilines is 1. The van der Waals surface area contributed by atoms with E-state index in [1.54, 1.807) is 24.5 Å². The van der Waals surface area contributed by atoms with Gasteiger partial charge in [-0.15, -0.1) is 0 Å². The van der Waals surface area contributed by atoms with Crippen molar-refractivity contribution in [2.24, 2.45) is 11.8 Å². The van der Waals surface area contributed by atoms with Crippen molar-refractivity contribution in [3.63, 3.8) is 0 Å². The molecule has 1 aliphatic heterocycles. The van der Waals surface area contributed by atoms with Crippen LogP contribution in [0.1, 0.15) is 17.5 Å². The van der Waals surface area contributed by atoms with E-state index in [0.717, 1.165) is 12.0 Å². The average molecular weight is 461 g/mol. The van der Waals surface area contributed by atoms with Crippen LogP contribution in [0.15, 0.2) is 79.1 Å². The standard InChI is InChI=1S/C27H29FN4O2/c28-24-6-8-25(9-7-24)31-27(34)23-16-22(18-32(19-23)17-21-10-13-29-14-11-21)26(33)30-15-12-20-4-2-1-3-5-20/h1-11,13-14,22-23H,12,15-19H2,(H,30,33)(H,31,34)/t22-,23+/m0/s1. The minimum Gasteiger partial charge on any atom is -0.355 e. The van der Waals surface area contributed by atoms with Crippen LogP contribution in [0.5, 0.6) is 0 Å². The van der Waals surface area contributed by atoms with Gasteiger partial charge in [-0.25, -0.2) is 4.39 Å². The molecule has 2 N–H and O–H groups in total. The molecule has 2 amide bonds. The highest BCUT2D eigenvalue weighted by atomic mass is 19.1. The predicted molar refractivity (Wildman–Crippen MR) is 129 cm³/mol. The van der Waals surface area contributed by atoms with Gasteiger partial charge in [0.2, 0.25) is 11.8 Å². The normalized spacial score (nSPS) is 18.3. The summed E-state index contributed by atoms with van der Waals surface area (Å²) in [4.78, 5) is 32.3. The van der Waals surface area contributed by atoms with Gasteiger partial charge in [-0.05, 0) is 60.4 Å². The van der Waals surface area contributed by atoms with Crippen molar-refractivity contribution >= 4 is 17.5 Å². The summed E-state index contributed by atoms with van der Waals surface area (Å²) in [6.45, 7) is 2.32. The summed E-state index contributed by atoms with van der Waals surface area (Å²) in [6, 6.07) is 19.6. The summed E-state index contributed by atoms with van der Waals surface area (Å²) >= 11 is 0. The van der Waals surface area contributed by atoms with Crippen LogP contribution in [0.3, 0.4) is 0 Å². The Morgan fingerprint density at radius 1 is 0.882 bits per heavy atom. The van der Waals surface area contributed by atoms with Crippen LogP contribution in [0, 0.1) is 17.7 Å². The average Bonchev–Trinajstić information content (AvgIpc) is 2.86. The lowest BCUT2D eigenvalue weighted by Gasteiger charge is -2.36. The molecule has 6 nitrogen and oxygen atoms in total. The Balaban J connectivity index is 1.41. The number of likely N-dealkylation sites (tertiary alicyclic amines) is 1. The molecular weight excluding hydrogens is 431 g/mol. The van der Waals surface area contributed by atoms with E-state index < -0.39 is 0 Å². The van der Waals surface area contributed by atoms with Crippen molar-refractivity contribution in [2.75, 3.05) is 25.0 Å². The summed E-state index contributed by atoms with van der Waals surface area (Å²) in [6.07, 6.45) is 4.71. The maximum Gasteiger partial charge on any atom is 0.228 e. The Morgan fingerprint density at radius 2 is 1.56 bits per heavy atom. The van der Waals surface area contributed by atoms with Crippen molar-refractivity contribution in [1.29, 1.82) is 0 Å². The summed E-state index contributed by atoms with van der Waals surface area (Å²) in [5.74, 6) is -1.20. The van der Waals surface area contributed by atoms with Crippen LogP contribution in [-0.2, 0) is 22.6 Å². The molecule has 0 aliphatic carbocycles. The molecule has 2 heterocycles. The van der Waals surface area contributed by atoms with Gasteiger partial charge < -0.3 is 10.6 Å². The fourth-order valence-electron chi connectivity index (χ4n) is 4.34. The number of carbonyl (C=O) groups is 2. The molecule has 1 saturated heterocycles. The maximum absolute atomic E-state index is 13.2. The molecule has 1 fully saturated rings. The summed E-state index contributed by atoms with van der Waals surface area (Å²) in [5, 5.41) is 5.93. The molecule has 2 atom stereocenters. The first-order valence-corrected chi connectivity index (χ1v) is 11.6. The molecule has 4 rings (SSSR count). The van der Waals surface area contributed by atoms with E-state index in [-0.39, 0.29) is 29.5 Å². The Hall–Kier alpha value is -3.58. The third kappa shape index (κ3) is 6.71. The number of hydrogen-bond donors (Lipinski definition) is 2. The Kier molecular flexibility index (Phi) is 7.99. The van der Waals surface area contributed by atoms with Gasteiger partial charge in [0.25, 0.3) is 0 Å². The van der Waals surface area contributed by atoms with E-state index in [4.69, 9.17) is 0 Å². The van der Waals surface area contributed by atoms with Crippen molar-refractivity contribution in [2.45, 2.75) is 19.4 Å². The molecule has 0 spiro atoms. The molecule has 0 saturated carbocycles. The monoisotopic (exact) mass is 460 g/mol. The molecule has 3 aromatic rings. The quantitative estimate of drug-likeness (QED) is 0.538. The van der Waals surface area contributed by atoms with Gasteiger partial charge in [-0.1, -0.05) is 30.3 Å². The zero-order valence-electron chi connectivity index (χ0n) is 19.0. The fourth-order valence-corrected chi connectivity index (χ4v) is 4.34. The molecular formula is C27H29FN4O2. The lowest BCUT2D eigenvalue weighted by Crippen LogP contribution is -2.49. The van der Waals surface area contributed by atoms with Gasteiger partial charge in [-0.2, -0.15) is 0 Å². The van der Waals surface area contributed by atoms with Gasteiger partial charge in [0.05, 0.1) is 11.8 Å². The number of amides is 2. The summed E-state index contributed by atoms with van der Waals surface area (Å²) in [5.41, 5.74) is 2.79. The first-order chi connectivity index (χ1) is 16.6. The number of halogens is 1. The Bertz CT molecular complexity index is 1080. The Morgan fingerprint density at radius 3 is 2.26 bits per heavy atom. The molecule has 1 aromatic heterocycles. The molecule has 0 radical (unpaired) electrons. The SMILES string of the molecule is O=C(NCCc1ccccc1)[C@H]1C[C@@H](C(=O)Nc2ccc(F)cc2)CN(Cc2ccncc2)C1. The van der Waals surface area contributed by atoms with Crippen LogP contribution in [0.4, 0.5) is 10.1 Å². The van der Waals surface area contributed by atoms with E-state index in [2.05, 4.69) is 20.5 Å². The van der Waals surface area contributed by atoms with Gasteiger partial charge in [-0.3, -0.25) is 19.5 Å². The van der Waals surface area contributed by atoms with E-state index in [9.17, 15) is 14.0 Å². The third-order valence-corrected chi connectivity index (χ3v) is 6.09. The van der Waals surface area contributed by atoms with Crippen LogP contribution in [0.2, 0.25) is 0 Å². The number of aromatic nitrogens is 1. The second kappa shape index (κ2) is 11.5. The maximum atomic E-state index is 13.2. The van der Waals surface area contributed by atoms with E-state index in [1.807, 2.05) is 42.5 Å². The molecule has 7 heteroatoms. The van der Waals surface area contributed by atoms with Crippen molar-refractivity contribution in [1.82, 2.24) is 15.2 Å². The van der Waals surface area contributed by atoms with Crippen molar-refractivity contribution in [3.8, 4) is 0 Å². The van der Waals surface area contributed by atoms with Crippen molar-refractivity contribution in [3.05, 3.63) is 96.1 Å². The van der Waals surface area contributed by atoms with Crippen LogP contribution in [0.25, 0.3) is 0 Å². The highest BCUT2D eigenvalue weighted by Gasteiger charge is 2.35. The lowest BCUT2D eigenvalue weighted by molar-refractivity contribution is -0.130. The highest BCUT2D eigenvalue weighted by Crippen LogP contribution is 2.25. The van der Waals surface area contributed by atoms with E-state index >= 15 is 0 Å². The summed E-state index contributed by atoms with van der Waals surface area (Å²) in [7, 11) is 0. The smallest absolute Gasteiger partial charge is 0.228 e. The van der Waals surface area contributed by atoms with Gasteiger partial charge >= 0.3 is 0 Å². The van der Waals surface area contributed by atoms with E-state index in [1.165, 1.54) is 17.7 Å². The number of hydrogen-bond acceptors (Lipinski definition) is 4. The predicted octanol–water partition coefficient (Wildman–Crippen LogP) is 3.66. The third-order valence-electron chi connectivity index (χ3n) is 6.09. The van der Waals surface area contributed by atoms with Crippen LogP contribution >= 0.6 is 0 Å². The number of carbonyl (C=O) groups excluding carboxylic acids is 2. The van der Waals surface area contributed by atoms with Crippen molar-refractivity contribution < 1.29 is 14.0 Å². The lowest BCUT2D eigenvalue weighted by atomic mass is 9.87. The minimum atomic E-state index is -0.356.